The number of ether oxygens (including phenoxy) is 1. The van der Waals surface area contributed by atoms with Crippen molar-refractivity contribution in [1.82, 2.24) is 0 Å². The minimum atomic E-state index is -4.96. The molecule has 0 unspecified atom stereocenters. The number of alkyl halides is 3. The molecule has 0 bridgehead atoms. The molecule has 0 radical (unpaired) electrons. The Balaban J connectivity index is 2.61. The number of aliphatic carboxylic acids is 1. The van der Waals surface area contributed by atoms with E-state index in [1.807, 2.05) is 0 Å². The van der Waals surface area contributed by atoms with Crippen molar-refractivity contribution in [2.45, 2.75) is 24.2 Å². The molecule has 1 aliphatic rings. The van der Waals surface area contributed by atoms with Gasteiger partial charge in [-0.3, -0.25) is 4.79 Å². The van der Waals surface area contributed by atoms with E-state index in [1.165, 1.54) is 12.1 Å². The number of hydrogen-bond acceptors (Lipinski definition) is 3. The molecule has 1 aromatic rings. The van der Waals surface area contributed by atoms with Gasteiger partial charge in [-0.15, -0.1) is 0 Å². The Labute approximate surface area is 117 Å². The van der Waals surface area contributed by atoms with Crippen molar-refractivity contribution < 1.29 is 32.2 Å². The van der Waals surface area contributed by atoms with Crippen molar-refractivity contribution in [2.75, 3.05) is 6.61 Å². The molecular weight excluding hydrogens is 294 g/mol. The van der Waals surface area contributed by atoms with Crippen LogP contribution in [0.25, 0.3) is 0 Å². The maximum absolute atomic E-state index is 13.9. The molecule has 0 amide bonds. The monoisotopic (exact) mass is 307 g/mol. The third-order valence-electron chi connectivity index (χ3n) is 3.86. The molecule has 0 saturated carbocycles. The molecule has 0 aromatic heterocycles. The standard InChI is InChI=1S/C13H13F4NO3/c1-11(13(15,16)17)9(10(19)20)12(18,6-21-11)7-4-2-3-5-8(7)14/h2-5,9H,6,18H2,1H3,(H,19,20)/t9-,11+,12-/m1/s1. The van der Waals surface area contributed by atoms with Crippen molar-refractivity contribution >= 4 is 5.97 Å². The van der Waals surface area contributed by atoms with E-state index in [9.17, 15) is 27.5 Å². The van der Waals surface area contributed by atoms with Crippen LogP contribution in [0, 0.1) is 11.7 Å². The van der Waals surface area contributed by atoms with E-state index in [4.69, 9.17) is 10.5 Å². The highest BCUT2D eigenvalue weighted by Gasteiger charge is 2.70. The highest BCUT2D eigenvalue weighted by atomic mass is 19.4. The van der Waals surface area contributed by atoms with E-state index < -0.39 is 41.6 Å². The zero-order valence-electron chi connectivity index (χ0n) is 10.9. The Morgan fingerprint density at radius 3 is 2.48 bits per heavy atom. The lowest BCUT2D eigenvalue weighted by Crippen LogP contribution is -2.57. The predicted molar refractivity (Wildman–Crippen MR) is 63.8 cm³/mol. The molecular formula is C13H13F4NO3. The lowest BCUT2D eigenvalue weighted by atomic mass is 9.73. The maximum Gasteiger partial charge on any atom is 0.418 e. The summed E-state index contributed by atoms with van der Waals surface area (Å²) >= 11 is 0. The highest BCUT2D eigenvalue weighted by Crippen LogP contribution is 2.51. The fraction of sp³-hybridized carbons (Fsp3) is 0.462. The van der Waals surface area contributed by atoms with Crippen LogP contribution in [-0.2, 0) is 15.1 Å². The van der Waals surface area contributed by atoms with E-state index in [0.29, 0.717) is 6.92 Å². The summed E-state index contributed by atoms with van der Waals surface area (Å²) in [6.45, 7) is -0.137. The lowest BCUT2D eigenvalue weighted by Gasteiger charge is -2.35. The van der Waals surface area contributed by atoms with E-state index >= 15 is 0 Å². The minimum absolute atomic E-state index is 0.314. The Bertz CT molecular complexity index is 577. The average molecular weight is 307 g/mol. The van der Waals surface area contributed by atoms with Gasteiger partial charge in [0.2, 0.25) is 0 Å². The number of carboxylic acids is 1. The van der Waals surface area contributed by atoms with Crippen LogP contribution < -0.4 is 5.73 Å². The third-order valence-corrected chi connectivity index (χ3v) is 3.86. The molecule has 4 nitrogen and oxygen atoms in total. The summed E-state index contributed by atoms with van der Waals surface area (Å²) in [7, 11) is 0. The van der Waals surface area contributed by atoms with Gasteiger partial charge < -0.3 is 15.6 Å². The fourth-order valence-electron chi connectivity index (χ4n) is 2.70. The van der Waals surface area contributed by atoms with Crippen LogP contribution in [0.1, 0.15) is 12.5 Å². The molecule has 1 aromatic carbocycles. The summed E-state index contributed by atoms with van der Waals surface area (Å²) in [6, 6.07) is 4.87. The van der Waals surface area contributed by atoms with Gasteiger partial charge in [0.15, 0.2) is 5.60 Å². The zero-order valence-corrected chi connectivity index (χ0v) is 10.9. The molecule has 0 spiro atoms. The van der Waals surface area contributed by atoms with E-state index in [0.717, 1.165) is 12.1 Å². The Kier molecular flexibility index (Phi) is 3.50. The molecule has 2 rings (SSSR count). The van der Waals surface area contributed by atoms with Gasteiger partial charge in [0.25, 0.3) is 0 Å². The molecule has 1 saturated heterocycles. The quantitative estimate of drug-likeness (QED) is 0.820. The number of nitrogens with two attached hydrogens (primary N) is 1. The second kappa shape index (κ2) is 4.67. The number of hydrogen-bond donors (Lipinski definition) is 2. The molecule has 116 valence electrons. The van der Waals surface area contributed by atoms with Crippen molar-refractivity contribution in [3.8, 4) is 0 Å². The van der Waals surface area contributed by atoms with Gasteiger partial charge in [-0.25, -0.2) is 4.39 Å². The van der Waals surface area contributed by atoms with E-state index in [-0.39, 0.29) is 5.56 Å². The first-order valence-corrected chi connectivity index (χ1v) is 6.01. The Morgan fingerprint density at radius 1 is 1.43 bits per heavy atom. The summed E-state index contributed by atoms with van der Waals surface area (Å²) in [5, 5.41) is 9.22. The molecule has 8 heteroatoms. The molecule has 3 atom stereocenters. The predicted octanol–water partition coefficient (Wildman–Crippen LogP) is 2.03. The lowest BCUT2D eigenvalue weighted by molar-refractivity contribution is -0.268. The topological polar surface area (TPSA) is 72.5 Å². The maximum atomic E-state index is 13.9. The first-order valence-electron chi connectivity index (χ1n) is 6.01. The van der Waals surface area contributed by atoms with Gasteiger partial charge in [-0.1, -0.05) is 18.2 Å². The van der Waals surface area contributed by atoms with Crippen LogP contribution in [0.4, 0.5) is 17.6 Å². The van der Waals surface area contributed by atoms with Gasteiger partial charge in [0.1, 0.15) is 11.7 Å². The zero-order chi connectivity index (χ0) is 16.1. The molecule has 21 heavy (non-hydrogen) atoms. The molecule has 0 aliphatic carbocycles. The van der Waals surface area contributed by atoms with Crippen LogP contribution >= 0.6 is 0 Å². The summed E-state index contributed by atoms with van der Waals surface area (Å²) in [5.41, 5.74) is 0.438. The highest BCUT2D eigenvalue weighted by molar-refractivity contribution is 5.75. The first kappa shape index (κ1) is 15.7. The molecule has 3 N–H and O–H groups in total. The van der Waals surface area contributed by atoms with Gasteiger partial charge >= 0.3 is 12.1 Å². The van der Waals surface area contributed by atoms with Crippen molar-refractivity contribution in [2.24, 2.45) is 11.7 Å². The molecule has 1 fully saturated rings. The second-order valence-electron chi connectivity index (χ2n) is 5.18. The van der Waals surface area contributed by atoms with Crippen LogP contribution in [0.2, 0.25) is 0 Å². The van der Waals surface area contributed by atoms with Gasteiger partial charge in [-0.2, -0.15) is 13.2 Å². The van der Waals surface area contributed by atoms with Crippen LogP contribution in [0.15, 0.2) is 24.3 Å². The van der Waals surface area contributed by atoms with E-state index in [2.05, 4.69) is 0 Å². The number of carbonyl (C=O) groups is 1. The Morgan fingerprint density at radius 2 is 2.00 bits per heavy atom. The van der Waals surface area contributed by atoms with Crippen LogP contribution in [0.5, 0.6) is 0 Å². The average Bonchev–Trinajstić information content (AvgIpc) is 2.63. The molecule has 1 heterocycles. The smallest absolute Gasteiger partial charge is 0.418 e. The number of carboxylic acid groups (broad SMARTS) is 1. The number of rotatable bonds is 2. The van der Waals surface area contributed by atoms with Crippen molar-refractivity contribution in [1.29, 1.82) is 0 Å². The Hall–Kier alpha value is -1.67. The summed E-state index contributed by atoms with van der Waals surface area (Å²) < 4.78 is 58.1. The summed E-state index contributed by atoms with van der Waals surface area (Å²) in [6.07, 6.45) is -4.96. The van der Waals surface area contributed by atoms with Crippen molar-refractivity contribution in [3.63, 3.8) is 0 Å². The van der Waals surface area contributed by atoms with Crippen molar-refractivity contribution in [3.05, 3.63) is 35.6 Å². The van der Waals surface area contributed by atoms with Gasteiger partial charge in [0.05, 0.1) is 12.1 Å². The fourth-order valence-corrected chi connectivity index (χ4v) is 2.70. The van der Waals surface area contributed by atoms with Gasteiger partial charge in [0, 0.05) is 5.56 Å². The van der Waals surface area contributed by atoms with Crippen LogP contribution in [0.3, 0.4) is 0 Å². The second-order valence-corrected chi connectivity index (χ2v) is 5.18. The van der Waals surface area contributed by atoms with E-state index in [1.54, 1.807) is 0 Å². The SMILES string of the molecule is C[C@]1(C(F)(F)F)OC[C@@](N)(c2ccccc2F)[C@@H]1C(=O)O. The normalized spacial score (nSPS) is 33.1. The minimum Gasteiger partial charge on any atom is -0.481 e. The molecule has 1 aliphatic heterocycles. The largest absolute Gasteiger partial charge is 0.481 e. The third kappa shape index (κ3) is 2.18. The summed E-state index contributed by atoms with van der Waals surface area (Å²) in [4.78, 5) is 11.4. The van der Waals surface area contributed by atoms with Crippen LogP contribution in [-0.4, -0.2) is 29.5 Å². The number of halogens is 4. The number of benzene rings is 1. The van der Waals surface area contributed by atoms with Gasteiger partial charge in [-0.05, 0) is 13.0 Å². The first-order chi connectivity index (χ1) is 9.54. The summed E-state index contributed by atoms with van der Waals surface area (Å²) in [5.74, 6) is -4.83.